The van der Waals surface area contributed by atoms with Crippen molar-refractivity contribution in [3.8, 4) is 5.75 Å². The van der Waals surface area contributed by atoms with Crippen LogP contribution in [0.4, 0.5) is 0 Å². The van der Waals surface area contributed by atoms with E-state index in [0.717, 1.165) is 16.7 Å². The highest BCUT2D eigenvalue weighted by Crippen LogP contribution is 2.19. The van der Waals surface area contributed by atoms with E-state index in [1.54, 1.807) is 24.3 Å². The van der Waals surface area contributed by atoms with E-state index in [-0.39, 0.29) is 5.69 Å². The Labute approximate surface area is 151 Å². The van der Waals surface area contributed by atoms with Gasteiger partial charge in [-0.3, -0.25) is 20.4 Å². The van der Waals surface area contributed by atoms with E-state index in [9.17, 15) is 9.59 Å². The second-order valence-corrected chi connectivity index (χ2v) is 5.71. The maximum absolute atomic E-state index is 12.2. The second-order valence-electron chi connectivity index (χ2n) is 5.71. The molecule has 2 amide bonds. The monoisotopic (exact) mass is 349 g/mol. The average molecular weight is 349 g/mol. The predicted molar refractivity (Wildman–Crippen MR) is 99.0 cm³/mol. The van der Waals surface area contributed by atoms with E-state index in [1.165, 1.54) is 0 Å². The SMILES string of the molecule is CCOc1ccc(C(=O)NNC(=O)c2ccc3ccccc3n2)cc1C. The van der Waals surface area contributed by atoms with Crippen LogP contribution in [0.15, 0.2) is 54.6 Å². The third-order valence-electron chi connectivity index (χ3n) is 3.86. The van der Waals surface area contributed by atoms with Gasteiger partial charge in [-0.05, 0) is 49.7 Å². The molecule has 0 radical (unpaired) electrons. The summed E-state index contributed by atoms with van der Waals surface area (Å²) in [4.78, 5) is 28.7. The van der Waals surface area contributed by atoms with Crippen LogP contribution in [0.1, 0.15) is 33.3 Å². The molecule has 0 atom stereocenters. The third kappa shape index (κ3) is 3.80. The summed E-state index contributed by atoms with van der Waals surface area (Å²) >= 11 is 0. The van der Waals surface area contributed by atoms with Gasteiger partial charge in [-0.15, -0.1) is 0 Å². The molecule has 0 saturated heterocycles. The number of fused-ring (bicyclic) bond motifs is 1. The molecule has 0 fully saturated rings. The van der Waals surface area contributed by atoms with Crippen molar-refractivity contribution in [3.05, 3.63) is 71.4 Å². The van der Waals surface area contributed by atoms with Gasteiger partial charge >= 0.3 is 0 Å². The number of hydrogen-bond acceptors (Lipinski definition) is 4. The molecule has 0 bridgehead atoms. The molecule has 0 aliphatic carbocycles. The van der Waals surface area contributed by atoms with Gasteiger partial charge in [0.25, 0.3) is 11.8 Å². The summed E-state index contributed by atoms with van der Waals surface area (Å²) in [5, 5.41) is 0.943. The summed E-state index contributed by atoms with van der Waals surface area (Å²) in [5.74, 6) is -0.162. The van der Waals surface area contributed by atoms with E-state index in [4.69, 9.17) is 4.74 Å². The highest BCUT2D eigenvalue weighted by Gasteiger charge is 2.12. The minimum atomic E-state index is -0.480. The van der Waals surface area contributed by atoms with Gasteiger partial charge in [0, 0.05) is 10.9 Å². The zero-order chi connectivity index (χ0) is 18.5. The number of hydrazine groups is 1. The number of aromatic nitrogens is 1. The lowest BCUT2D eigenvalue weighted by molar-refractivity contribution is 0.0844. The van der Waals surface area contributed by atoms with Crippen molar-refractivity contribution < 1.29 is 14.3 Å². The van der Waals surface area contributed by atoms with Crippen molar-refractivity contribution in [1.82, 2.24) is 15.8 Å². The fourth-order valence-corrected chi connectivity index (χ4v) is 2.55. The van der Waals surface area contributed by atoms with Crippen LogP contribution in [0.3, 0.4) is 0 Å². The molecule has 1 heterocycles. The summed E-state index contributed by atoms with van der Waals surface area (Å²) in [6.45, 7) is 4.32. The van der Waals surface area contributed by atoms with Crippen LogP contribution in [-0.4, -0.2) is 23.4 Å². The van der Waals surface area contributed by atoms with Crippen molar-refractivity contribution >= 4 is 22.7 Å². The Morgan fingerprint density at radius 1 is 1.00 bits per heavy atom. The molecular weight excluding hydrogens is 330 g/mol. The normalized spacial score (nSPS) is 10.4. The van der Waals surface area contributed by atoms with Gasteiger partial charge in [-0.1, -0.05) is 24.3 Å². The van der Waals surface area contributed by atoms with E-state index >= 15 is 0 Å². The molecule has 0 aliphatic heterocycles. The van der Waals surface area contributed by atoms with Gasteiger partial charge in [0.2, 0.25) is 0 Å². The lowest BCUT2D eigenvalue weighted by atomic mass is 10.1. The number of carbonyl (C=O) groups excluding carboxylic acids is 2. The Kier molecular flexibility index (Phi) is 5.12. The molecule has 3 aromatic rings. The Hall–Kier alpha value is -3.41. The molecule has 1 aromatic heterocycles. The fraction of sp³-hybridized carbons (Fsp3) is 0.150. The predicted octanol–water partition coefficient (Wildman–Crippen LogP) is 3.02. The molecule has 26 heavy (non-hydrogen) atoms. The first-order valence-electron chi connectivity index (χ1n) is 8.28. The third-order valence-corrected chi connectivity index (χ3v) is 3.86. The largest absolute Gasteiger partial charge is 0.494 e. The van der Waals surface area contributed by atoms with Gasteiger partial charge < -0.3 is 4.74 Å². The lowest BCUT2D eigenvalue weighted by Gasteiger charge is -2.10. The number of ether oxygens (including phenoxy) is 1. The Balaban J connectivity index is 1.66. The smallest absolute Gasteiger partial charge is 0.288 e. The number of rotatable bonds is 4. The summed E-state index contributed by atoms with van der Waals surface area (Å²) in [5.41, 5.74) is 7.02. The van der Waals surface area contributed by atoms with Crippen molar-refractivity contribution in [1.29, 1.82) is 0 Å². The van der Waals surface area contributed by atoms with Gasteiger partial charge in [0.05, 0.1) is 12.1 Å². The fourth-order valence-electron chi connectivity index (χ4n) is 2.55. The zero-order valence-corrected chi connectivity index (χ0v) is 14.6. The van der Waals surface area contributed by atoms with Gasteiger partial charge in [0.1, 0.15) is 11.4 Å². The summed E-state index contributed by atoms with van der Waals surface area (Å²) < 4.78 is 5.45. The van der Waals surface area contributed by atoms with Crippen LogP contribution in [0.2, 0.25) is 0 Å². The van der Waals surface area contributed by atoms with Gasteiger partial charge in [-0.25, -0.2) is 4.98 Å². The highest BCUT2D eigenvalue weighted by molar-refractivity contribution is 5.99. The number of nitrogens with one attached hydrogen (secondary N) is 2. The molecule has 0 spiro atoms. The number of amides is 2. The molecule has 3 rings (SSSR count). The van der Waals surface area contributed by atoms with Crippen LogP contribution >= 0.6 is 0 Å². The Bertz CT molecular complexity index is 969. The molecule has 0 saturated carbocycles. The molecule has 6 nitrogen and oxygen atoms in total. The summed E-state index contributed by atoms with van der Waals surface area (Å²) in [7, 11) is 0. The standard InChI is InChI=1S/C20H19N3O3/c1-3-26-18-11-9-15(12-13(18)2)19(24)22-23-20(25)17-10-8-14-6-4-5-7-16(14)21-17/h4-12H,3H2,1-2H3,(H,22,24)(H,23,25). The Morgan fingerprint density at radius 3 is 2.54 bits per heavy atom. The number of pyridine rings is 1. The quantitative estimate of drug-likeness (QED) is 0.710. The summed E-state index contributed by atoms with van der Waals surface area (Å²) in [6, 6.07) is 16.0. The van der Waals surface area contributed by atoms with Crippen LogP contribution < -0.4 is 15.6 Å². The second kappa shape index (κ2) is 7.65. The number of aryl methyl sites for hydroxylation is 1. The molecule has 2 N–H and O–H groups in total. The first-order valence-corrected chi connectivity index (χ1v) is 8.28. The average Bonchev–Trinajstić information content (AvgIpc) is 2.67. The van der Waals surface area contributed by atoms with Gasteiger partial charge in [-0.2, -0.15) is 0 Å². The lowest BCUT2D eigenvalue weighted by Crippen LogP contribution is -2.42. The van der Waals surface area contributed by atoms with Crippen molar-refractivity contribution in [2.75, 3.05) is 6.61 Å². The van der Waals surface area contributed by atoms with E-state index in [2.05, 4.69) is 15.8 Å². The molecular formula is C20H19N3O3. The van der Waals surface area contributed by atoms with Crippen molar-refractivity contribution in [3.63, 3.8) is 0 Å². The first-order chi connectivity index (χ1) is 12.6. The number of para-hydroxylation sites is 1. The number of carbonyl (C=O) groups is 2. The molecule has 132 valence electrons. The summed E-state index contributed by atoms with van der Waals surface area (Å²) in [6.07, 6.45) is 0. The van der Waals surface area contributed by atoms with Crippen LogP contribution in [0.25, 0.3) is 10.9 Å². The van der Waals surface area contributed by atoms with Gasteiger partial charge in [0.15, 0.2) is 0 Å². The van der Waals surface area contributed by atoms with E-state index < -0.39 is 11.8 Å². The number of benzene rings is 2. The van der Waals surface area contributed by atoms with Crippen molar-refractivity contribution in [2.45, 2.75) is 13.8 Å². The van der Waals surface area contributed by atoms with E-state index in [0.29, 0.717) is 17.7 Å². The van der Waals surface area contributed by atoms with E-state index in [1.807, 2.05) is 44.2 Å². The number of hydrogen-bond donors (Lipinski definition) is 2. The minimum Gasteiger partial charge on any atom is -0.494 e. The molecule has 2 aromatic carbocycles. The maximum atomic E-state index is 12.2. The number of nitrogens with zero attached hydrogens (tertiary/aromatic N) is 1. The maximum Gasteiger partial charge on any atom is 0.288 e. The van der Waals surface area contributed by atoms with Crippen LogP contribution in [-0.2, 0) is 0 Å². The first kappa shape index (κ1) is 17.4. The zero-order valence-electron chi connectivity index (χ0n) is 14.6. The molecule has 6 heteroatoms. The molecule has 0 aliphatic rings. The van der Waals surface area contributed by atoms with Crippen molar-refractivity contribution in [2.24, 2.45) is 0 Å². The topological polar surface area (TPSA) is 80.3 Å². The minimum absolute atomic E-state index is 0.229. The van der Waals surface area contributed by atoms with Crippen LogP contribution in [0.5, 0.6) is 5.75 Å². The van der Waals surface area contributed by atoms with Crippen LogP contribution in [0, 0.1) is 6.92 Å². The molecule has 0 unspecified atom stereocenters. The Morgan fingerprint density at radius 2 is 1.77 bits per heavy atom. The highest BCUT2D eigenvalue weighted by atomic mass is 16.5.